The zero-order chi connectivity index (χ0) is 32.1. The number of ether oxygens (including phenoxy) is 5. The summed E-state index contributed by atoms with van der Waals surface area (Å²) in [6, 6.07) is 9.64. The van der Waals surface area contributed by atoms with E-state index in [0.29, 0.717) is 36.9 Å². The number of sulfonamides is 1. The molecule has 0 spiro atoms. The number of aliphatic hydroxyl groups excluding tert-OH is 1. The summed E-state index contributed by atoms with van der Waals surface area (Å²) in [6.07, 6.45) is -1.60. The molecule has 2 aromatic rings. The molecule has 3 aliphatic heterocycles. The fourth-order valence-corrected chi connectivity index (χ4v) is 8.45. The summed E-state index contributed by atoms with van der Waals surface area (Å²) < 4.78 is 59.6. The van der Waals surface area contributed by atoms with Gasteiger partial charge in [-0.05, 0) is 55.0 Å². The SMILES string of the molecule is CC(C)CN(C([C@H](O)[C@H](Cc1ccc(OCCCI)cc1)NC(=O)O)[C@@H]1CO[C@H]2OCC[C@H]21)S(=O)(=O)c1ccc2c(c1)OCO2. The van der Waals surface area contributed by atoms with E-state index in [1.54, 1.807) is 6.07 Å². The van der Waals surface area contributed by atoms with E-state index in [-0.39, 0.29) is 43.1 Å². The summed E-state index contributed by atoms with van der Waals surface area (Å²) >= 11 is 2.29. The Hall–Kier alpha value is -2.37. The largest absolute Gasteiger partial charge is 0.494 e. The van der Waals surface area contributed by atoms with Crippen LogP contribution in [0.15, 0.2) is 47.4 Å². The Morgan fingerprint density at radius 2 is 1.89 bits per heavy atom. The lowest BCUT2D eigenvalue weighted by molar-refractivity contribution is -0.0907. The Bertz CT molecular complexity index is 1410. The van der Waals surface area contributed by atoms with Crippen molar-refractivity contribution in [3.05, 3.63) is 48.0 Å². The molecule has 1 amide bonds. The first-order chi connectivity index (χ1) is 21.6. The van der Waals surface area contributed by atoms with Gasteiger partial charge in [-0.3, -0.25) is 0 Å². The Labute approximate surface area is 277 Å². The average molecular weight is 761 g/mol. The van der Waals surface area contributed by atoms with E-state index >= 15 is 0 Å². The molecule has 2 aromatic carbocycles. The van der Waals surface area contributed by atoms with Crippen molar-refractivity contribution in [2.45, 2.75) is 62.5 Å². The summed E-state index contributed by atoms with van der Waals surface area (Å²) in [7, 11) is -4.23. The Morgan fingerprint density at radius 3 is 2.60 bits per heavy atom. The number of nitrogens with one attached hydrogen (secondary N) is 1. The molecule has 3 aliphatic rings. The lowest BCUT2D eigenvalue weighted by Crippen LogP contribution is -2.60. The van der Waals surface area contributed by atoms with Crippen LogP contribution in [0.1, 0.15) is 32.3 Å². The number of hydrogen-bond donors (Lipinski definition) is 3. The molecule has 12 nitrogen and oxygen atoms in total. The molecule has 0 bridgehead atoms. The number of hydrogen-bond acceptors (Lipinski definition) is 9. The fourth-order valence-electron chi connectivity index (χ4n) is 6.27. The average Bonchev–Trinajstić information content (AvgIpc) is 3.75. The molecule has 6 atom stereocenters. The van der Waals surface area contributed by atoms with Gasteiger partial charge in [0, 0.05) is 28.9 Å². The number of rotatable bonds is 15. The molecule has 1 unspecified atom stereocenters. The van der Waals surface area contributed by atoms with Crippen LogP contribution in [0.5, 0.6) is 17.2 Å². The number of carboxylic acid groups (broad SMARTS) is 1. The Balaban J connectivity index is 1.51. The minimum absolute atomic E-state index is 0.00750. The number of nitrogens with zero attached hydrogens (tertiary/aromatic N) is 1. The Kier molecular flexibility index (Phi) is 11.3. The van der Waals surface area contributed by atoms with Crippen molar-refractivity contribution >= 4 is 38.7 Å². The topological polar surface area (TPSA) is 153 Å². The van der Waals surface area contributed by atoms with Gasteiger partial charge in [0.2, 0.25) is 16.8 Å². The van der Waals surface area contributed by atoms with Gasteiger partial charge in [-0.1, -0.05) is 48.6 Å². The highest BCUT2D eigenvalue weighted by atomic mass is 127. The van der Waals surface area contributed by atoms with E-state index in [9.17, 15) is 23.4 Å². The number of alkyl halides is 1. The maximum atomic E-state index is 14.5. The van der Waals surface area contributed by atoms with Gasteiger partial charge in [0.15, 0.2) is 17.8 Å². The van der Waals surface area contributed by atoms with Crippen LogP contribution in [0.2, 0.25) is 0 Å². The number of carbonyl (C=O) groups is 1. The third-order valence-electron chi connectivity index (χ3n) is 8.35. The predicted octanol–water partition coefficient (Wildman–Crippen LogP) is 3.88. The molecule has 0 saturated carbocycles. The second-order valence-corrected chi connectivity index (χ2v) is 14.9. The fraction of sp³-hybridized carbons (Fsp3) is 0.581. The summed E-state index contributed by atoms with van der Waals surface area (Å²) in [5.41, 5.74) is 0.756. The molecule has 5 rings (SSSR count). The molecule has 3 N–H and O–H groups in total. The van der Waals surface area contributed by atoms with Gasteiger partial charge in [0.1, 0.15) is 5.75 Å². The van der Waals surface area contributed by atoms with Gasteiger partial charge in [-0.2, -0.15) is 4.31 Å². The van der Waals surface area contributed by atoms with Gasteiger partial charge < -0.3 is 39.2 Å². The lowest BCUT2D eigenvalue weighted by atomic mass is 9.81. The highest BCUT2D eigenvalue weighted by Gasteiger charge is 2.52. The number of halogens is 1. The van der Waals surface area contributed by atoms with Crippen LogP contribution >= 0.6 is 22.6 Å². The van der Waals surface area contributed by atoms with Gasteiger partial charge in [0.05, 0.1) is 42.9 Å². The number of amides is 1. The first-order valence-electron chi connectivity index (χ1n) is 15.2. The molecule has 248 valence electrons. The summed E-state index contributed by atoms with van der Waals surface area (Å²) in [5, 5.41) is 24.5. The van der Waals surface area contributed by atoms with Crippen molar-refractivity contribution < 1.29 is 47.1 Å². The van der Waals surface area contributed by atoms with E-state index in [1.807, 2.05) is 38.1 Å². The maximum Gasteiger partial charge on any atom is 0.404 e. The Morgan fingerprint density at radius 1 is 1.13 bits per heavy atom. The van der Waals surface area contributed by atoms with Gasteiger partial charge in [-0.25, -0.2) is 13.2 Å². The van der Waals surface area contributed by atoms with Crippen molar-refractivity contribution in [1.82, 2.24) is 9.62 Å². The first kappa shape index (κ1) is 34.0. The lowest BCUT2D eigenvalue weighted by Gasteiger charge is -2.42. The van der Waals surface area contributed by atoms with Gasteiger partial charge >= 0.3 is 6.09 Å². The molecule has 0 radical (unpaired) electrons. The minimum Gasteiger partial charge on any atom is -0.494 e. The highest BCUT2D eigenvalue weighted by molar-refractivity contribution is 14.1. The van der Waals surface area contributed by atoms with Crippen LogP contribution in [0.3, 0.4) is 0 Å². The maximum absolute atomic E-state index is 14.5. The second kappa shape index (κ2) is 15.0. The number of fused-ring (bicyclic) bond motifs is 2. The first-order valence-corrected chi connectivity index (χ1v) is 18.1. The van der Waals surface area contributed by atoms with Crippen molar-refractivity contribution in [3.8, 4) is 17.2 Å². The molecule has 45 heavy (non-hydrogen) atoms. The quantitative estimate of drug-likeness (QED) is 0.139. The van der Waals surface area contributed by atoms with Crippen LogP contribution in [-0.4, -0.2) is 91.1 Å². The van der Waals surface area contributed by atoms with Crippen molar-refractivity contribution in [1.29, 1.82) is 0 Å². The van der Waals surface area contributed by atoms with Crippen LogP contribution in [0.25, 0.3) is 0 Å². The minimum atomic E-state index is -4.23. The predicted molar refractivity (Wildman–Crippen MR) is 172 cm³/mol. The molecular formula is C31H41IN2O10S. The van der Waals surface area contributed by atoms with Crippen molar-refractivity contribution in [3.63, 3.8) is 0 Å². The molecule has 2 fully saturated rings. The van der Waals surface area contributed by atoms with Gasteiger partial charge in [-0.15, -0.1) is 0 Å². The molecular weight excluding hydrogens is 719 g/mol. The van der Waals surface area contributed by atoms with Crippen LogP contribution in [0.4, 0.5) is 4.79 Å². The summed E-state index contributed by atoms with van der Waals surface area (Å²) in [5.74, 6) is 0.712. The van der Waals surface area contributed by atoms with Crippen LogP contribution < -0.4 is 19.5 Å². The summed E-state index contributed by atoms with van der Waals surface area (Å²) in [6.45, 7) is 5.07. The van der Waals surface area contributed by atoms with E-state index in [1.165, 1.54) is 16.4 Å². The molecule has 2 saturated heterocycles. The van der Waals surface area contributed by atoms with Crippen LogP contribution in [0, 0.1) is 17.8 Å². The standard InChI is InChI=1S/C31H41IN2O10S/c1-19(2)16-34(45(38,39)22-8-9-26-27(15-22)44-18-43-26)28(24-17-42-30-23(24)10-13-41-30)29(35)25(33-31(36)37)14-20-4-6-21(7-5-20)40-12-3-11-32/h4-9,15,19,23-25,28-30,33,35H,3,10-14,16-18H2,1-2H3,(H,36,37)/t23-,24+,25-,28?,29+,30+/m0/s1. The van der Waals surface area contributed by atoms with Crippen LogP contribution in [-0.2, 0) is 25.9 Å². The molecule has 14 heteroatoms. The zero-order valence-corrected chi connectivity index (χ0v) is 28.3. The third kappa shape index (κ3) is 7.96. The number of aliphatic hydroxyl groups is 1. The highest BCUT2D eigenvalue weighted by Crippen LogP contribution is 2.42. The molecule has 0 aliphatic carbocycles. The zero-order valence-electron chi connectivity index (χ0n) is 25.3. The summed E-state index contributed by atoms with van der Waals surface area (Å²) in [4.78, 5) is 12.1. The van der Waals surface area contributed by atoms with E-state index in [2.05, 4.69) is 27.9 Å². The van der Waals surface area contributed by atoms with Crippen molar-refractivity contribution in [2.75, 3.05) is 37.6 Å². The normalized spacial score (nSPS) is 22.8. The molecule has 0 aromatic heterocycles. The monoisotopic (exact) mass is 760 g/mol. The molecule has 3 heterocycles. The van der Waals surface area contributed by atoms with Crippen molar-refractivity contribution in [2.24, 2.45) is 17.8 Å². The third-order valence-corrected chi connectivity index (χ3v) is 11.0. The van der Waals surface area contributed by atoms with E-state index in [0.717, 1.165) is 16.4 Å². The van der Waals surface area contributed by atoms with E-state index < -0.39 is 46.5 Å². The van der Waals surface area contributed by atoms with E-state index in [4.69, 9.17) is 23.7 Å². The smallest absolute Gasteiger partial charge is 0.404 e. The second-order valence-electron chi connectivity index (χ2n) is 11.9. The number of benzene rings is 2. The van der Waals surface area contributed by atoms with Gasteiger partial charge in [0.25, 0.3) is 0 Å².